The van der Waals surface area contributed by atoms with Crippen molar-refractivity contribution in [1.29, 1.82) is 5.26 Å². The number of nitrogens with one attached hydrogen (secondary N) is 1. The molecule has 0 heterocycles. The molecule has 31 heavy (non-hydrogen) atoms. The molecule has 0 spiro atoms. The van der Waals surface area contributed by atoms with E-state index in [1.807, 2.05) is 24.3 Å². The van der Waals surface area contributed by atoms with Crippen LogP contribution in [0.5, 0.6) is 11.5 Å². The lowest BCUT2D eigenvalue weighted by Gasteiger charge is -2.12. The van der Waals surface area contributed by atoms with Gasteiger partial charge < -0.3 is 14.8 Å². The number of rotatable bonds is 7. The van der Waals surface area contributed by atoms with Gasteiger partial charge in [0.15, 0.2) is 11.5 Å². The molecule has 0 bridgehead atoms. The molecule has 0 atom stereocenters. The normalized spacial score (nSPS) is 10.8. The maximum atomic E-state index is 12.5. The number of amides is 1. The van der Waals surface area contributed by atoms with E-state index in [2.05, 4.69) is 5.32 Å². The lowest BCUT2D eigenvalue weighted by atomic mass is 10.1. The summed E-state index contributed by atoms with van der Waals surface area (Å²) in [6, 6.07) is 21.1. The number of hydrogen-bond donors (Lipinski definition) is 1. The second-order valence-corrected chi connectivity index (χ2v) is 7.26. The smallest absolute Gasteiger partial charge is 0.266 e. The Labute approximate surface area is 190 Å². The van der Waals surface area contributed by atoms with Crippen LogP contribution in [0.3, 0.4) is 0 Å². The number of carbonyl (C=O) groups excluding carboxylic acids is 1. The van der Waals surface area contributed by atoms with E-state index in [0.717, 1.165) is 5.56 Å². The summed E-state index contributed by atoms with van der Waals surface area (Å²) >= 11 is 12.0. The number of nitriles is 1. The van der Waals surface area contributed by atoms with Gasteiger partial charge >= 0.3 is 0 Å². The standard InChI is InChI=1S/C24H18Cl2N2O3/c1-30-22-11-6-16(13-23(22)31-15-17-4-2-3-5-21(17)26)12-18(14-27)24(29)28-20-9-7-19(25)8-10-20/h2-13H,15H2,1H3,(H,28,29)/b18-12+. The molecule has 0 aliphatic carbocycles. The summed E-state index contributed by atoms with van der Waals surface area (Å²) in [4.78, 5) is 12.5. The monoisotopic (exact) mass is 452 g/mol. The molecule has 3 aromatic rings. The lowest BCUT2D eigenvalue weighted by Crippen LogP contribution is -2.13. The Kier molecular flexibility index (Phi) is 7.55. The molecule has 0 radical (unpaired) electrons. The SMILES string of the molecule is COc1ccc(/C=C(\C#N)C(=O)Nc2ccc(Cl)cc2)cc1OCc1ccccc1Cl. The summed E-state index contributed by atoms with van der Waals surface area (Å²) in [6.45, 7) is 0.241. The Morgan fingerprint density at radius 2 is 1.81 bits per heavy atom. The first kappa shape index (κ1) is 22.2. The zero-order valence-electron chi connectivity index (χ0n) is 16.6. The molecule has 0 saturated heterocycles. The molecule has 3 rings (SSSR count). The van der Waals surface area contributed by atoms with Gasteiger partial charge in [0.05, 0.1) is 7.11 Å². The van der Waals surface area contributed by atoms with E-state index >= 15 is 0 Å². The van der Waals surface area contributed by atoms with E-state index in [1.165, 1.54) is 13.2 Å². The highest BCUT2D eigenvalue weighted by molar-refractivity contribution is 6.31. The van der Waals surface area contributed by atoms with Gasteiger partial charge in [0.25, 0.3) is 5.91 Å². The van der Waals surface area contributed by atoms with Crippen LogP contribution in [-0.2, 0) is 11.4 Å². The summed E-state index contributed by atoms with van der Waals surface area (Å²) in [5, 5.41) is 13.3. The first-order valence-corrected chi connectivity index (χ1v) is 9.98. The van der Waals surface area contributed by atoms with Crippen molar-refractivity contribution in [2.45, 2.75) is 6.61 Å². The fourth-order valence-corrected chi connectivity index (χ4v) is 3.03. The van der Waals surface area contributed by atoms with Crippen molar-refractivity contribution < 1.29 is 14.3 Å². The third-order valence-electron chi connectivity index (χ3n) is 4.31. The van der Waals surface area contributed by atoms with Crippen LogP contribution in [-0.4, -0.2) is 13.0 Å². The van der Waals surface area contributed by atoms with E-state index in [-0.39, 0.29) is 12.2 Å². The molecule has 7 heteroatoms. The van der Waals surface area contributed by atoms with Gasteiger partial charge in [-0.05, 0) is 54.1 Å². The van der Waals surface area contributed by atoms with Gasteiger partial charge in [0.2, 0.25) is 0 Å². The predicted octanol–water partition coefficient (Wildman–Crippen LogP) is 6.13. The summed E-state index contributed by atoms with van der Waals surface area (Å²) in [5.74, 6) is 0.457. The highest BCUT2D eigenvalue weighted by Crippen LogP contribution is 2.30. The zero-order valence-corrected chi connectivity index (χ0v) is 18.1. The van der Waals surface area contributed by atoms with Crippen molar-refractivity contribution in [3.63, 3.8) is 0 Å². The Balaban J connectivity index is 1.80. The van der Waals surface area contributed by atoms with Crippen molar-refractivity contribution in [2.24, 2.45) is 0 Å². The highest BCUT2D eigenvalue weighted by Gasteiger charge is 2.12. The Hall–Kier alpha value is -3.46. The van der Waals surface area contributed by atoms with Crippen LogP contribution < -0.4 is 14.8 Å². The Morgan fingerprint density at radius 1 is 1.06 bits per heavy atom. The molecule has 0 fully saturated rings. The molecule has 5 nitrogen and oxygen atoms in total. The number of nitrogens with zero attached hydrogens (tertiary/aromatic N) is 1. The number of halogens is 2. The van der Waals surface area contributed by atoms with Crippen LogP contribution in [0.15, 0.2) is 72.3 Å². The number of anilines is 1. The minimum Gasteiger partial charge on any atom is -0.493 e. The van der Waals surface area contributed by atoms with Crippen LogP contribution in [0.1, 0.15) is 11.1 Å². The van der Waals surface area contributed by atoms with Crippen LogP contribution in [0.2, 0.25) is 10.0 Å². The van der Waals surface area contributed by atoms with Gasteiger partial charge in [-0.2, -0.15) is 5.26 Å². The molecule has 156 valence electrons. The van der Waals surface area contributed by atoms with Crippen molar-refractivity contribution >= 4 is 40.9 Å². The van der Waals surface area contributed by atoms with Crippen LogP contribution in [0.4, 0.5) is 5.69 Å². The number of hydrogen-bond acceptors (Lipinski definition) is 4. The van der Waals surface area contributed by atoms with Gasteiger partial charge in [-0.15, -0.1) is 0 Å². The molecule has 3 aromatic carbocycles. The molecule has 0 aliphatic rings. The summed E-state index contributed by atoms with van der Waals surface area (Å²) in [5.41, 5.74) is 1.91. The van der Waals surface area contributed by atoms with E-state index in [9.17, 15) is 10.1 Å². The van der Waals surface area contributed by atoms with Gasteiger partial charge in [-0.25, -0.2) is 0 Å². The molecule has 0 saturated carbocycles. The quantitative estimate of drug-likeness (QED) is 0.345. The zero-order chi connectivity index (χ0) is 22.2. The fourth-order valence-electron chi connectivity index (χ4n) is 2.71. The van der Waals surface area contributed by atoms with E-state index < -0.39 is 5.91 Å². The number of carbonyl (C=O) groups is 1. The topological polar surface area (TPSA) is 71.3 Å². The third-order valence-corrected chi connectivity index (χ3v) is 4.93. The van der Waals surface area contributed by atoms with Gasteiger partial charge in [-0.3, -0.25) is 4.79 Å². The van der Waals surface area contributed by atoms with Crippen molar-refractivity contribution in [3.05, 3.63) is 93.5 Å². The molecule has 1 N–H and O–H groups in total. The van der Waals surface area contributed by atoms with Gasteiger partial charge in [-0.1, -0.05) is 47.5 Å². The highest BCUT2D eigenvalue weighted by atomic mass is 35.5. The van der Waals surface area contributed by atoms with Crippen LogP contribution in [0, 0.1) is 11.3 Å². The first-order valence-electron chi connectivity index (χ1n) is 9.23. The average molecular weight is 453 g/mol. The molecule has 0 aromatic heterocycles. The molecular weight excluding hydrogens is 435 g/mol. The summed E-state index contributed by atoms with van der Waals surface area (Å²) in [6.07, 6.45) is 1.48. The predicted molar refractivity (Wildman–Crippen MR) is 122 cm³/mol. The second-order valence-electron chi connectivity index (χ2n) is 6.42. The molecular formula is C24H18Cl2N2O3. The average Bonchev–Trinajstić information content (AvgIpc) is 2.78. The van der Waals surface area contributed by atoms with Crippen LogP contribution in [0.25, 0.3) is 6.08 Å². The number of benzene rings is 3. The minimum atomic E-state index is -0.529. The lowest BCUT2D eigenvalue weighted by molar-refractivity contribution is -0.112. The largest absolute Gasteiger partial charge is 0.493 e. The van der Waals surface area contributed by atoms with Crippen LogP contribution >= 0.6 is 23.2 Å². The Morgan fingerprint density at radius 3 is 2.48 bits per heavy atom. The summed E-state index contributed by atoms with van der Waals surface area (Å²) < 4.78 is 11.2. The van der Waals surface area contributed by atoms with E-state index in [1.54, 1.807) is 48.5 Å². The van der Waals surface area contributed by atoms with E-state index in [0.29, 0.717) is 32.8 Å². The fraction of sp³-hybridized carbons (Fsp3) is 0.0833. The molecule has 0 unspecified atom stereocenters. The van der Waals surface area contributed by atoms with Gasteiger partial charge in [0, 0.05) is 21.3 Å². The number of ether oxygens (including phenoxy) is 2. The maximum absolute atomic E-state index is 12.5. The van der Waals surface area contributed by atoms with Crippen molar-refractivity contribution in [3.8, 4) is 17.6 Å². The molecule has 0 aliphatic heterocycles. The second kappa shape index (κ2) is 10.5. The van der Waals surface area contributed by atoms with Gasteiger partial charge in [0.1, 0.15) is 18.2 Å². The Bertz CT molecular complexity index is 1150. The third kappa shape index (κ3) is 6.02. The number of methoxy groups -OCH3 is 1. The maximum Gasteiger partial charge on any atom is 0.266 e. The minimum absolute atomic E-state index is 0.0582. The first-order chi connectivity index (χ1) is 15.0. The van der Waals surface area contributed by atoms with Crippen molar-refractivity contribution in [1.82, 2.24) is 0 Å². The van der Waals surface area contributed by atoms with Crippen molar-refractivity contribution in [2.75, 3.05) is 12.4 Å². The van der Waals surface area contributed by atoms with E-state index in [4.69, 9.17) is 32.7 Å². The molecule has 1 amide bonds. The summed E-state index contributed by atoms with van der Waals surface area (Å²) in [7, 11) is 1.54.